The zero-order chi connectivity index (χ0) is 17.0. The summed E-state index contributed by atoms with van der Waals surface area (Å²) in [5.41, 5.74) is 8.02. The standard InChI is InChI=1S/C18H22ClFN2O/c1-3-5-13(11-23)16-9-6-12(10-22(16)4-2)17-14(19)7-8-15(21)18(17)20/h4,7-8,11-12H,2-3,5-6,9-10,21H2,1H3/b16-13+. The molecule has 0 aliphatic carbocycles. The van der Waals surface area contributed by atoms with E-state index in [0.717, 1.165) is 36.8 Å². The lowest BCUT2D eigenvalue weighted by Crippen LogP contribution is -2.30. The molecule has 0 saturated carbocycles. The van der Waals surface area contributed by atoms with E-state index in [4.69, 9.17) is 17.3 Å². The van der Waals surface area contributed by atoms with Crippen LogP contribution in [0.5, 0.6) is 0 Å². The van der Waals surface area contributed by atoms with Crippen molar-refractivity contribution in [3.8, 4) is 0 Å². The number of hydrogen-bond acceptors (Lipinski definition) is 3. The Balaban J connectivity index is 2.34. The van der Waals surface area contributed by atoms with E-state index in [2.05, 4.69) is 6.58 Å². The number of nitrogen functional groups attached to an aromatic ring is 1. The monoisotopic (exact) mass is 336 g/mol. The van der Waals surface area contributed by atoms with Gasteiger partial charge in [-0.2, -0.15) is 0 Å². The van der Waals surface area contributed by atoms with Crippen molar-refractivity contribution in [2.45, 2.75) is 38.5 Å². The maximum absolute atomic E-state index is 14.4. The minimum atomic E-state index is -0.442. The third-order valence-electron chi connectivity index (χ3n) is 4.31. The molecule has 1 aromatic carbocycles. The van der Waals surface area contributed by atoms with Gasteiger partial charge in [-0.3, -0.25) is 4.79 Å². The number of likely N-dealkylation sites (tertiary alicyclic amines) is 1. The van der Waals surface area contributed by atoms with Crippen LogP contribution >= 0.6 is 11.6 Å². The summed E-state index contributed by atoms with van der Waals surface area (Å²) in [7, 11) is 0. The van der Waals surface area contributed by atoms with Crippen molar-refractivity contribution in [2.75, 3.05) is 12.3 Å². The first-order valence-electron chi connectivity index (χ1n) is 7.83. The average Bonchev–Trinajstić information content (AvgIpc) is 2.56. The number of nitrogens with two attached hydrogens (primary N) is 1. The van der Waals surface area contributed by atoms with Gasteiger partial charge in [-0.25, -0.2) is 4.39 Å². The van der Waals surface area contributed by atoms with E-state index in [1.165, 1.54) is 6.07 Å². The number of hydrogen-bond donors (Lipinski definition) is 1. The lowest BCUT2D eigenvalue weighted by molar-refractivity contribution is -0.105. The first-order valence-corrected chi connectivity index (χ1v) is 8.21. The normalized spacial score (nSPS) is 20.3. The van der Waals surface area contributed by atoms with Crippen LogP contribution in [0, 0.1) is 5.82 Å². The van der Waals surface area contributed by atoms with E-state index in [9.17, 15) is 9.18 Å². The quantitative estimate of drug-likeness (QED) is 0.484. The fourth-order valence-corrected chi connectivity index (χ4v) is 3.46. The summed E-state index contributed by atoms with van der Waals surface area (Å²) in [5.74, 6) is -0.523. The molecule has 1 atom stereocenters. The third kappa shape index (κ3) is 3.58. The first-order chi connectivity index (χ1) is 11.0. The Bertz CT molecular complexity index is 642. The average molecular weight is 337 g/mol. The molecular weight excluding hydrogens is 315 g/mol. The third-order valence-corrected chi connectivity index (χ3v) is 4.64. The topological polar surface area (TPSA) is 46.3 Å². The van der Waals surface area contributed by atoms with Crippen LogP contribution < -0.4 is 5.73 Å². The van der Waals surface area contributed by atoms with Crippen LogP contribution in [0.4, 0.5) is 10.1 Å². The minimum absolute atomic E-state index is 0.0812. The maximum atomic E-state index is 14.4. The van der Waals surface area contributed by atoms with Crippen molar-refractivity contribution in [3.63, 3.8) is 0 Å². The van der Waals surface area contributed by atoms with E-state index in [-0.39, 0.29) is 11.6 Å². The number of rotatable bonds is 5. The molecule has 0 aromatic heterocycles. The van der Waals surface area contributed by atoms with Crippen LogP contribution in [-0.4, -0.2) is 17.7 Å². The van der Waals surface area contributed by atoms with Crippen LogP contribution in [0.1, 0.15) is 44.1 Å². The summed E-state index contributed by atoms with van der Waals surface area (Å²) in [6.45, 7) is 6.41. The van der Waals surface area contributed by atoms with Crippen LogP contribution in [-0.2, 0) is 4.79 Å². The van der Waals surface area contributed by atoms with Crippen molar-refractivity contribution in [2.24, 2.45) is 0 Å². The number of piperidine rings is 1. The van der Waals surface area contributed by atoms with Gasteiger partial charge >= 0.3 is 0 Å². The molecule has 3 nitrogen and oxygen atoms in total. The highest BCUT2D eigenvalue weighted by molar-refractivity contribution is 6.31. The molecular formula is C18H22ClFN2O. The van der Waals surface area contributed by atoms with E-state index in [0.29, 0.717) is 23.6 Å². The van der Waals surface area contributed by atoms with Crippen molar-refractivity contribution in [1.82, 2.24) is 4.90 Å². The van der Waals surface area contributed by atoms with Gasteiger partial charge in [0, 0.05) is 34.3 Å². The van der Waals surface area contributed by atoms with Gasteiger partial charge < -0.3 is 10.6 Å². The summed E-state index contributed by atoms with van der Waals surface area (Å²) in [6, 6.07) is 3.11. The number of allylic oxidation sites excluding steroid dienone is 2. The van der Waals surface area contributed by atoms with Gasteiger partial charge in [0.2, 0.25) is 0 Å². The fourth-order valence-electron chi connectivity index (χ4n) is 3.16. The van der Waals surface area contributed by atoms with Crippen molar-refractivity contribution < 1.29 is 9.18 Å². The molecule has 0 bridgehead atoms. The summed E-state index contributed by atoms with van der Waals surface area (Å²) in [5, 5.41) is 0.391. The van der Waals surface area contributed by atoms with Crippen molar-refractivity contribution in [1.29, 1.82) is 0 Å². The van der Waals surface area contributed by atoms with Gasteiger partial charge in [0.05, 0.1) is 5.69 Å². The fraction of sp³-hybridized carbons (Fsp3) is 0.389. The van der Waals surface area contributed by atoms with Gasteiger partial charge in [-0.05, 0) is 37.6 Å². The van der Waals surface area contributed by atoms with Crippen LogP contribution in [0.2, 0.25) is 5.02 Å². The number of carbonyl (C=O) groups is 1. The molecule has 1 unspecified atom stereocenters. The second kappa shape index (κ2) is 7.64. The van der Waals surface area contributed by atoms with E-state index >= 15 is 0 Å². The molecule has 1 aromatic rings. The molecule has 124 valence electrons. The highest BCUT2D eigenvalue weighted by Gasteiger charge is 2.28. The molecule has 1 aliphatic rings. The lowest BCUT2D eigenvalue weighted by atomic mass is 9.87. The molecule has 5 heteroatoms. The Hall–Kier alpha value is -1.81. The Morgan fingerprint density at radius 2 is 2.30 bits per heavy atom. The maximum Gasteiger partial charge on any atom is 0.151 e. The molecule has 1 heterocycles. The number of anilines is 1. The summed E-state index contributed by atoms with van der Waals surface area (Å²) in [4.78, 5) is 13.3. The van der Waals surface area contributed by atoms with E-state index in [1.54, 1.807) is 12.3 Å². The number of aldehydes is 1. The molecule has 2 rings (SSSR count). The zero-order valence-electron chi connectivity index (χ0n) is 13.3. The number of halogens is 2. The van der Waals surface area contributed by atoms with Crippen LogP contribution in [0.25, 0.3) is 0 Å². The molecule has 1 fully saturated rings. The van der Waals surface area contributed by atoms with Gasteiger partial charge in [0.1, 0.15) is 6.29 Å². The Kier molecular flexibility index (Phi) is 5.83. The zero-order valence-corrected chi connectivity index (χ0v) is 14.1. The summed E-state index contributed by atoms with van der Waals surface area (Å²) in [6.07, 6.45) is 5.67. The lowest BCUT2D eigenvalue weighted by Gasteiger charge is -2.36. The SMILES string of the molecule is C=CN1CC(c2c(Cl)ccc(N)c2F)CC/C1=C(\C=O)CCC. The van der Waals surface area contributed by atoms with Gasteiger partial charge in [-0.1, -0.05) is 31.5 Å². The van der Waals surface area contributed by atoms with Crippen molar-refractivity contribution in [3.05, 3.63) is 52.6 Å². The molecule has 2 N–H and O–H groups in total. The summed E-state index contributed by atoms with van der Waals surface area (Å²) >= 11 is 6.19. The second-order valence-electron chi connectivity index (χ2n) is 5.77. The highest BCUT2D eigenvalue weighted by atomic mass is 35.5. The molecule has 0 radical (unpaired) electrons. The smallest absolute Gasteiger partial charge is 0.151 e. The van der Waals surface area contributed by atoms with E-state index in [1.807, 2.05) is 11.8 Å². The Morgan fingerprint density at radius 1 is 1.57 bits per heavy atom. The number of benzene rings is 1. The summed E-state index contributed by atoms with van der Waals surface area (Å²) < 4.78 is 14.4. The van der Waals surface area contributed by atoms with Crippen LogP contribution in [0.15, 0.2) is 36.2 Å². The number of nitrogens with zero attached hydrogens (tertiary/aromatic N) is 1. The molecule has 1 saturated heterocycles. The molecule has 23 heavy (non-hydrogen) atoms. The predicted molar refractivity (Wildman–Crippen MR) is 92.7 cm³/mol. The van der Waals surface area contributed by atoms with Crippen LogP contribution in [0.3, 0.4) is 0 Å². The Morgan fingerprint density at radius 3 is 2.91 bits per heavy atom. The van der Waals surface area contributed by atoms with E-state index < -0.39 is 5.82 Å². The molecule has 0 spiro atoms. The largest absolute Gasteiger partial charge is 0.396 e. The predicted octanol–water partition coefficient (Wildman–Crippen LogP) is 4.64. The highest BCUT2D eigenvalue weighted by Crippen LogP contribution is 2.39. The van der Waals surface area contributed by atoms with Crippen molar-refractivity contribution >= 4 is 23.6 Å². The first kappa shape index (κ1) is 17.5. The van der Waals surface area contributed by atoms with Gasteiger partial charge in [-0.15, -0.1) is 0 Å². The number of carbonyl (C=O) groups excluding carboxylic acids is 1. The second-order valence-corrected chi connectivity index (χ2v) is 6.18. The minimum Gasteiger partial charge on any atom is -0.396 e. The Labute approximate surface area is 141 Å². The van der Waals surface area contributed by atoms with Gasteiger partial charge in [0.25, 0.3) is 0 Å². The van der Waals surface area contributed by atoms with Gasteiger partial charge in [0.15, 0.2) is 5.82 Å². The molecule has 0 amide bonds. The molecule has 1 aliphatic heterocycles.